The van der Waals surface area contributed by atoms with Crippen molar-refractivity contribution in [3.8, 4) is 0 Å². The average molecular weight is 191 g/mol. The van der Waals surface area contributed by atoms with E-state index in [2.05, 4.69) is 0 Å². The molecule has 0 aliphatic heterocycles. The molecule has 0 saturated carbocycles. The van der Waals surface area contributed by atoms with Crippen LogP contribution >= 0.6 is 0 Å². The SMILES string of the molecule is [O]S(=O)c1cccc2ccccc12. The van der Waals surface area contributed by atoms with E-state index in [9.17, 15) is 8.76 Å². The molecule has 2 rings (SSSR count). The van der Waals surface area contributed by atoms with E-state index in [1.807, 2.05) is 24.3 Å². The smallest absolute Gasteiger partial charge is 0.221 e. The predicted octanol–water partition coefficient (Wildman–Crippen LogP) is 2.29. The van der Waals surface area contributed by atoms with E-state index in [1.54, 1.807) is 18.2 Å². The first kappa shape index (κ1) is 8.41. The zero-order valence-electron chi connectivity index (χ0n) is 6.77. The van der Waals surface area contributed by atoms with E-state index in [1.165, 1.54) is 0 Å². The summed E-state index contributed by atoms with van der Waals surface area (Å²) in [4.78, 5) is 0.359. The van der Waals surface area contributed by atoms with Crippen molar-refractivity contribution in [2.45, 2.75) is 4.90 Å². The van der Waals surface area contributed by atoms with Gasteiger partial charge in [0, 0.05) is 5.39 Å². The number of hydrogen-bond donors (Lipinski definition) is 0. The minimum atomic E-state index is -2.15. The molecule has 0 bridgehead atoms. The molecule has 0 saturated heterocycles. The van der Waals surface area contributed by atoms with Crippen LogP contribution in [0.5, 0.6) is 0 Å². The highest BCUT2D eigenvalue weighted by Crippen LogP contribution is 2.20. The fourth-order valence-electron chi connectivity index (χ4n) is 1.34. The lowest BCUT2D eigenvalue weighted by Gasteiger charge is -1.99. The fourth-order valence-corrected chi connectivity index (χ4v) is 1.90. The van der Waals surface area contributed by atoms with E-state index in [-0.39, 0.29) is 0 Å². The molecular formula is C10H7O2S. The van der Waals surface area contributed by atoms with Crippen molar-refractivity contribution in [2.24, 2.45) is 0 Å². The van der Waals surface area contributed by atoms with Crippen LogP contribution in [-0.4, -0.2) is 4.21 Å². The van der Waals surface area contributed by atoms with E-state index in [0.29, 0.717) is 4.90 Å². The maximum absolute atomic E-state index is 10.8. The zero-order chi connectivity index (χ0) is 9.26. The molecule has 1 radical (unpaired) electrons. The number of benzene rings is 2. The third kappa shape index (κ3) is 1.48. The normalized spacial score (nSPS) is 13.0. The second-order valence-electron chi connectivity index (χ2n) is 2.71. The molecule has 65 valence electrons. The summed E-state index contributed by atoms with van der Waals surface area (Å²) in [6.07, 6.45) is 0. The summed E-state index contributed by atoms with van der Waals surface area (Å²) in [7, 11) is 0. The van der Waals surface area contributed by atoms with Crippen molar-refractivity contribution in [1.82, 2.24) is 0 Å². The van der Waals surface area contributed by atoms with Crippen molar-refractivity contribution in [3.63, 3.8) is 0 Å². The average Bonchev–Trinajstić information content (AvgIpc) is 2.17. The minimum absolute atomic E-state index is 0.359. The maximum Gasteiger partial charge on any atom is 0.222 e. The molecule has 0 aromatic heterocycles. The van der Waals surface area contributed by atoms with Crippen LogP contribution in [0.2, 0.25) is 0 Å². The summed E-state index contributed by atoms with van der Waals surface area (Å²) in [6, 6.07) is 12.7. The van der Waals surface area contributed by atoms with E-state index in [4.69, 9.17) is 0 Å². The molecule has 0 fully saturated rings. The topological polar surface area (TPSA) is 37.0 Å². The summed E-state index contributed by atoms with van der Waals surface area (Å²) >= 11 is -2.15. The molecule has 0 heterocycles. The van der Waals surface area contributed by atoms with E-state index in [0.717, 1.165) is 10.8 Å². The highest BCUT2D eigenvalue weighted by Gasteiger charge is 2.05. The number of rotatable bonds is 1. The van der Waals surface area contributed by atoms with Crippen LogP contribution in [0.25, 0.3) is 10.8 Å². The summed E-state index contributed by atoms with van der Waals surface area (Å²) in [5.41, 5.74) is 0. The van der Waals surface area contributed by atoms with Gasteiger partial charge in [0.15, 0.2) is 0 Å². The van der Waals surface area contributed by atoms with Crippen molar-refractivity contribution >= 4 is 21.9 Å². The van der Waals surface area contributed by atoms with Gasteiger partial charge in [-0.15, -0.1) is 4.55 Å². The zero-order valence-corrected chi connectivity index (χ0v) is 7.58. The van der Waals surface area contributed by atoms with Gasteiger partial charge in [-0.1, -0.05) is 36.4 Å². The molecule has 1 unspecified atom stereocenters. The van der Waals surface area contributed by atoms with Crippen molar-refractivity contribution in [2.75, 3.05) is 0 Å². The molecule has 2 nitrogen and oxygen atoms in total. The van der Waals surface area contributed by atoms with Crippen LogP contribution < -0.4 is 0 Å². The monoisotopic (exact) mass is 191 g/mol. The van der Waals surface area contributed by atoms with Gasteiger partial charge in [0.05, 0.1) is 4.90 Å². The first-order chi connectivity index (χ1) is 6.29. The Morgan fingerprint density at radius 2 is 1.62 bits per heavy atom. The van der Waals surface area contributed by atoms with Crippen LogP contribution in [0.1, 0.15) is 0 Å². The Balaban J connectivity index is 2.83. The summed E-state index contributed by atoms with van der Waals surface area (Å²) in [5.74, 6) is 0. The molecule has 0 amide bonds. The molecule has 3 heteroatoms. The Kier molecular flexibility index (Phi) is 2.12. The summed E-state index contributed by atoms with van der Waals surface area (Å²) in [6.45, 7) is 0. The minimum Gasteiger partial charge on any atom is -0.221 e. The van der Waals surface area contributed by atoms with Crippen molar-refractivity contribution in [3.05, 3.63) is 42.5 Å². The van der Waals surface area contributed by atoms with Crippen LogP contribution in [0.4, 0.5) is 0 Å². The Morgan fingerprint density at radius 1 is 0.923 bits per heavy atom. The Hall–Kier alpha value is -1.19. The van der Waals surface area contributed by atoms with Crippen molar-refractivity contribution in [1.29, 1.82) is 0 Å². The van der Waals surface area contributed by atoms with Gasteiger partial charge in [0.2, 0.25) is 11.1 Å². The summed E-state index contributed by atoms with van der Waals surface area (Å²) in [5, 5.41) is 1.72. The van der Waals surface area contributed by atoms with Gasteiger partial charge in [-0.3, -0.25) is 0 Å². The van der Waals surface area contributed by atoms with Crippen molar-refractivity contribution < 1.29 is 8.76 Å². The first-order valence-corrected chi connectivity index (χ1v) is 4.93. The Bertz CT molecular complexity index is 460. The molecule has 0 aliphatic rings. The molecule has 0 spiro atoms. The second kappa shape index (κ2) is 3.28. The molecule has 1 atom stereocenters. The van der Waals surface area contributed by atoms with Crippen LogP contribution in [0.3, 0.4) is 0 Å². The maximum atomic E-state index is 10.8. The third-order valence-corrected chi connectivity index (χ3v) is 2.64. The Labute approximate surface area is 78.5 Å². The van der Waals surface area contributed by atoms with Crippen LogP contribution in [-0.2, 0) is 15.6 Å². The molecule has 0 aliphatic carbocycles. The van der Waals surface area contributed by atoms with Gasteiger partial charge in [0.25, 0.3) is 0 Å². The molecule has 0 N–H and O–H groups in total. The van der Waals surface area contributed by atoms with Gasteiger partial charge in [-0.05, 0) is 11.5 Å². The quantitative estimate of drug-likeness (QED) is 0.681. The molecular weight excluding hydrogens is 184 g/mol. The number of fused-ring (bicyclic) bond motifs is 1. The summed E-state index contributed by atoms with van der Waals surface area (Å²) < 4.78 is 21.6. The van der Waals surface area contributed by atoms with Crippen LogP contribution in [0.15, 0.2) is 47.4 Å². The standard InChI is InChI=1S/C10H7O2S/c11-13(12)10-7-3-5-8-4-1-2-6-9(8)10/h1-7H. The van der Waals surface area contributed by atoms with E-state index >= 15 is 0 Å². The van der Waals surface area contributed by atoms with Gasteiger partial charge in [-0.25, -0.2) is 4.21 Å². The largest absolute Gasteiger partial charge is 0.222 e. The Morgan fingerprint density at radius 3 is 2.38 bits per heavy atom. The number of hydrogen-bond acceptors (Lipinski definition) is 1. The van der Waals surface area contributed by atoms with Gasteiger partial charge in [-0.2, -0.15) is 0 Å². The predicted molar refractivity (Wildman–Crippen MR) is 51.0 cm³/mol. The lowest BCUT2D eigenvalue weighted by atomic mass is 10.1. The molecule has 2 aromatic rings. The molecule has 13 heavy (non-hydrogen) atoms. The molecule has 2 aromatic carbocycles. The third-order valence-electron chi connectivity index (χ3n) is 1.93. The second-order valence-corrected chi connectivity index (χ2v) is 3.62. The van der Waals surface area contributed by atoms with Gasteiger partial charge >= 0.3 is 0 Å². The highest BCUT2D eigenvalue weighted by atomic mass is 32.2. The van der Waals surface area contributed by atoms with Gasteiger partial charge in [0.1, 0.15) is 0 Å². The van der Waals surface area contributed by atoms with E-state index < -0.39 is 11.1 Å². The lowest BCUT2D eigenvalue weighted by Crippen LogP contribution is -1.87. The van der Waals surface area contributed by atoms with Gasteiger partial charge < -0.3 is 0 Å². The lowest BCUT2D eigenvalue weighted by molar-refractivity contribution is 0.474. The first-order valence-electron chi connectivity index (χ1n) is 3.86. The fraction of sp³-hybridized carbons (Fsp3) is 0. The highest BCUT2D eigenvalue weighted by molar-refractivity contribution is 7.79. The van der Waals surface area contributed by atoms with Crippen LogP contribution in [0, 0.1) is 0 Å².